The highest BCUT2D eigenvalue weighted by Crippen LogP contribution is 2.25. The number of aromatic nitrogens is 2. The Labute approximate surface area is 103 Å². The number of nitrogens with zero attached hydrogens (tertiary/aromatic N) is 2. The molecular weight excluding hydrogens is 240 g/mol. The maximum Gasteiger partial charge on any atom is 0.339 e. The van der Waals surface area contributed by atoms with Gasteiger partial charge in [0.25, 0.3) is 0 Å². The Balaban J connectivity index is 2.67. The summed E-state index contributed by atoms with van der Waals surface area (Å²) in [6, 6.07) is 6.91. The second kappa shape index (κ2) is 4.51. The topological polar surface area (TPSA) is 63.1 Å². The monoisotopic (exact) mass is 248 g/mol. The van der Waals surface area contributed by atoms with Gasteiger partial charge in [-0.1, -0.05) is 23.7 Å². The maximum absolute atomic E-state index is 11.2. The molecule has 2 aromatic rings. The van der Waals surface area contributed by atoms with Crippen molar-refractivity contribution < 1.29 is 9.90 Å². The molecule has 0 aliphatic heterocycles. The molecule has 0 amide bonds. The third kappa shape index (κ3) is 2.26. The van der Waals surface area contributed by atoms with Crippen LogP contribution in [0.5, 0.6) is 0 Å². The highest BCUT2D eigenvalue weighted by molar-refractivity contribution is 6.30. The van der Waals surface area contributed by atoms with E-state index in [2.05, 4.69) is 9.97 Å². The molecule has 86 valence electrons. The van der Waals surface area contributed by atoms with Crippen LogP contribution in [0.25, 0.3) is 11.3 Å². The van der Waals surface area contributed by atoms with Gasteiger partial charge in [0.1, 0.15) is 11.9 Å². The highest BCUT2D eigenvalue weighted by Gasteiger charge is 2.16. The molecule has 0 radical (unpaired) electrons. The maximum atomic E-state index is 11.2. The van der Waals surface area contributed by atoms with Crippen LogP contribution in [-0.2, 0) is 0 Å². The Hall–Kier alpha value is -1.94. The summed E-state index contributed by atoms with van der Waals surface area (Å²) in [5.41, 5.74) is 1.59. The fourth-order valence-electron chi connectivity index (χ4n) is 1.58. The Morgan fingerprint density at radius 1 is 1.35 bits per heavy atom. The molecule has 2 rings (SSSR count). The lowest BCUT2D eigenvalue weighted by atomic mass is 10.1. The molecule has 1 N–H and O–H groups in total. The predicted octanol–water partition coefficient (Wildman–Crippen LogP) is 2.80. The van der Waals surface area contributed by atoms with E-state index in [1.165, 1.54) is 6.33 Å². The van der Waals surface area contributed by atoms with Gasteiger partial charge in [0, 0.05) is 10.6 Å². The van der Waals surface area contributed by atoms with Gasteiger partial charge in [-0.25, -0.2) is 14.8 Å². The van der Waals surface area contributed by atoms with E-state index in [0.717, 1.165) is 0 Å². The summed E-state index contributed by atoms with van der Waals surface area (Å²) in [6.45, 7) is 1.64. The van der Waals surface area contributed by atoms with Crippen molar-refractivity contribution in [3.63, 3.8) is 0 Å². The van der Waals surface area contributed by atoms with E-state index in [9.17, 15) is 4.79 Å². The van der Waals surface area contributed by atoms with Crippen molar-refractivity contribution in [3.05, 3.63) is 46.9 Å². The van der Waals surface area contributed by atoms with Crippen LogP contribution >= 0.6 is 11.6 Å². The van der Waals surface area contributed by atoms with E-state index in [4.69, 9.17) is 16.7 Å². The molecule has 0 aliphatic rings. The van der Waals surface area contributed by atoms with Crippen molar-refractivity contribution in [1.29, 1.82) is 0 Å². The largest absolute Gasteiger partial charge is 0.478 e. The minimum absolute atomic E-state index is 0.106. The van der Waals surface area contributed by atoms with Crippen molar-refractivity contribution in [2.24, 2.45) is 0 Å². The molecule has 1 heterocycles. The lowest BCUT2D eigenvalue weighted by Gasteiger charge is -2.07. The van der Waals surface area contributed by atoms with Gasteiger partial charge in [-0.15, -0.1) is 0 Å². The first-order valence-electron chi connectivity index (χ1n) is 4.90. The zero-order valence-corrected chi connectivity index (χ0v) is 9.77. The van der Waals surface area contributed by atoms with Gasteiger partial charge in [0.05, 0.1) is 11.4 Å². The average Bonchev–Trinajstić information content (AvgIpc) is 2.28. The van der Waals surface area contributed by atoms with E-state index in [1.54, 1.807) is 31.2 Å². The number of aryl methyl sites for hydroxylation is 1. The standard InChI is InChI=1S/C12H9ClN2O2/c1-7-10(12(16)17)11(15-6-14-7)8-3-2-4-9(13)5-8/h2-6H,1H3,(H,16,17). The quantitative estimate of drug-likeness (QED) is 0.888. The van der Waals surface area contributed by atoms with Crippen molar-refractivity contribution in [3.8, 4) is 11.3 Å². The smallest absolute Gasteiger partial charge is 0.339 e. The fourth-order valence-corrected chi connectivity index (χ4v) is 1.77. The number of benzene rings is 1. The molecule has 0 bridgehead atoms. The summed E-state index contributed by atoms with van der Waals surface area (Å²) in [4.78, 5) is 19.1. The minimum Gasteiger partial charge on any atom is -0.478 e. The second-order valence-electron chi connectivity index (χ2n) is 3.50. The van der Waals surface area contributed by atoms with Gasteiger partial charge in [0.2, 0.25) is 0 Å². The van der Waals surface area contributed by atoms with E-state index >= 15 is 0 Å². The van der Waals surface area contributed by atoms with E-state index < -0.39 is 5.97 Å². The lowest BCUT2D eigenvalue weighted by Crippen LogP contribution is -2.06. The van der Waals surface area contributed by atoms with Crippen LogP contribution in [0, 0.1) is 6.92 Å². The van der Waals surface area contributed by atoms with Crippen LogP contribution in [0.1, 0.15) is 16.1 Å². The zero-order chi connectivity index (χ0) is 12.4. The van der Waals surface area contributed by atoms with Gasteiger partial charge < -0.3 is 5.11 Å². The molecule has 1 aromatic carbocycles. The van der Waals surface area contributed by atoms with E-state index in [1.807, 2.05) is 0 Å². The van der Waals surface area contributed by atoms with Crippen LogP contribution in [-0.4, -0.2) is 21.0 Å². The molecule has 0 unspecified atom stereocenters. The molecule has 0 atom stereocenters. The first kappa shape index (κ1) is 11.5. The Morgan fingerprint density at radius 3 is 2.76 bits per heavy atom. The third-order valence-electron chi connectivity index (χ3n) is 2.35. The van der Waals surface area contributed by atoms with E-state index in [-0.39, 0.29) is 5.56 Å². The van der Waals surface area contributed by atoms with Gasteiger partial charge in [0.15, 0.2) is 0 Å². The summed E-state index contributed by atoms with van der Waals surface area (Å²) in [5, 5.41) is 9.70. The minimum atomic E-state index is -1.04. The summed E-state index contributed by atoms with van der Waals surface area (Å²) in [7, 11) is 0. The van der Waals surface area contributed by atoms with Gasteiger partial charge in [-0.3, -0.25) is 0 Å². The van der Waals surface area contributed by atoms with Crippen LogP contribution in [0.2, 0.25) is 5.02 Å². The number of rotatable bonds is 2. The van der Waals surface area contributed by atoms with Crippen molar-refractivity contribution in [2.75, 3.05) is 0 Å². The summed E-state index contributed by atoms with van der Waals surface area (Å²) >= 11 is 5.88. The first-order chi connectivity index (χ1) is 8.09. The Kier molecular flexibility index (Phi) is 3.06. The van der Waals surface area contributed by atoms with Crippen LogP contribution in [0.15, 0.2) is 30.6 Å². The van der Waals surface area contributed by atoms with Gasteiger partial charge in [-0.05, 0) is 19.1 Å². The van der Waals surface area contributed by atoms with Crippen molar-refractivity contribution >= 4 is 17.6 Å². The third-order valence-corrected chi connectivity index (χ3v) is 2.58. The number of aromatic carboxylic acids is 1. The fraction of sp³-hybridized carbons (Fsp3) is 0.0833. The zero-order valence-electron chi connectivity index (χ0n) is 9.01. The second-order valence-corrected chi connectivity index (χ2v) is 3.93. The normalized spacial score (nSPS) is 10.2. The number of carboxylic acids is 1. The number of carboxylic acid groups (broad SMARTS) is 1. The molecular formula is C12H9ClN2O2. The predicted molar refractivity (Wildman–Crippen MR) is 64.2 cm³/mol. The molecule has 1 aromatic heterocycles. The molecule has 0 aliphatic carbocycles. The van der Waals surface area contributed by atoms with Crippen LogP contribution in [0.4, 0.5) is 0 Å². The molecule has 0 saturated carbocycles. The van der Waals surface area contributed by atoms with E-state index in [0.29, 0.717) is 22.0 Å². The Morgan fingerprint density at radius 2 is 2.12 bits per heavy atom. The number of carbonyl (C=O) groups is 1. The molecule has 0 fully saturated rings. The molecule has 17 heavy (non-hydrogen) atoms. The van der Waals surface area contributed by atoms with Crippen molar-refractivity contribution in [2.45, 2.75) is 6.92 Å². The first-order valence-corrected chi connectivity index (χ1v) is 5.28. The molecule has 5 heteroatoms. The summed E-state index contributed by atoms with van der Waals surface area (Å²) < 4.78 is 0. The van der Waals surface area contributed by atoms with Crippen LogP contribution in [0.3, 0.4) is 0 Å². The number of halogens is 1. The molecule has 0 spiro atoms. The lowest BCUT2D eigenvalue weighted by molar-refractivity contribution is 0.0696. The van der Waals surface area contributed by atoms with Gasteiger partial charge >= 0.3 is 5.97 Å². The summed E-state index contributed by atoms with van der Waals surface area (Å²) in [6.07, 6.45) is 1.35. The Bertz CT molecular complexity index is 584. The molecule has 4 nitrogen and oxygen atoms in total. The van der Waals surface area contributed by atoms with Crippen LogP contribution < -0.4 is 0 Å². The highest BCUT2D eigenvalue weighted by atomic mass is 35.5. The summed E-state index contributed by atoms with van der Waals surface area (Å²) in [5.74, 6) is -1.04. The number of hydrogen-bond donors (Lipinski definition) is 1. The van der Waals surface area contributed by atoms with Crippen molar-refractivity contribution in [1.82, 2.24) is 9.97 Å². The number of hydrogen-bond acceptors (Lipinski definition) is 3. The molecule has 0 saturated heterocycles. The van der Waals surface area contributed by atoms with Gasteiger partial charge in [-0.2, -0.15) is 0 Å². The SMILES string of the molecule is Cc1ncnc(-c2cccc(Cl)c2)c1C(=O)O. The average molecular weight is 249 g/mol.